The van der Waals surface area contributed by atoms with Crippen molar-refractivity contribution in [1.82, 2.24) is 9.78 Å². The molecule has 0 spiro atoms. The zero-order valence-electron chi connectivity index (χ0n) is 10.1. The number of hydrogen-bond acceptors (Lipinski definition) is 1. The average Bonchev–Trinajstić information content (AvgIpc) is 2.65. The van der Waals surface area contributed by atoms with Crippen molar-refractivity contribution in [2.24, 2.45) is 0 Å². The molecule has 0 saturated heterocycles. The van der Waals surface area contributed by atoms with Crippen LogP contribution in [0.2, 0.25) is 5.02 Å². The molecule has 2 rings (SSSR count). The van der Waals surface area contributed by atoms with Crippen molar-refractivity contribution in [3.05, 3.63) is 45.2 Å². The van der Waals surface area contributed by atoms with Gasteiger partial charge in [0.15, 0.2) is 0 Å². The Hall–Kier alpha value is -1.06. The number of nitrogens with one attached hydrogen (secondary N) is 1. The van der Waals surface area contributed by atoms with Crippen molar-refractivity contribution in [3.63, 3.8) is 0 Å². The van der Waals surface area contributed by atoms with Crippen LogP contribution in [0.4, 0.5) is 0 Å². The number of aromatic nitrogens is 2. The molecule has 0 aliphatic rings. The molecule has 0 radical (unpaired) electrons. The van der Waals surface area contributed by atoms with Crippen LogP contribution in [0.25, 0.3) is 5.69 Å². The molecule has 0 unspecified atom stereocenters. The van der Waals surface area contributed by atoms with E-state index in [2.05, 4.69) is 18.9 Å². The molecule has 2 aromatic rings. The highest BCUT2D eigenvalue weighted by molar-refractivity contribution is 7.71. The molecular weight excluding hydrogens is 252 g/mol. The highest BCUT2D eigenvalue weighted by Gasteiger charge is 2.06. The highest BCUT2D eigenvalue weighted by atomic mass is 35.5. The van der Waals surface area contributed by atoms with Gasteiger partial charge in [-0.3, -0.25) is 5.10 Å². The van der Waals surface area contributed by atoms with Crippen molar-refractivity contribution in [3.8, 4) is 5.69 Å². The maximum atomic E-state index is 6.12. The Morgan fingerprint density at radius 1 is 1.29 bits per heavy atom. The lowest BCUT2D eigenvalue weighted by molar-refractivity contribution is 0.765. The summed E-state index contributed by atoms with van der Waals surface area (Å²) in [4.78, 5) is 0. The van der Waals surface area contributed by atoms with Crippen LogP contribution in [0.5, 0.6) is 0 Å². The molecule has 1 heterocycles. The van der Waals surface area contributed by atoms with Gasteiger partial charge in [-0.15, -0.1) is 0 Å². The molecule has 90 valence electrons. The second-order valence-corrected chi connectivity index (χ2v) is 5.30. The second kappa shape index (κ2) is 4.67. The summed E-state index contributed by atoms with van der Waals surface area (Å²) in [5, 5.41) is 4.05. The fourth-order valence-corrected chi connectivity index (χ4v) is 2.08. The summed E-state index contributed by atoms with van der Waals surface area (Å²) in [6.07, 6.45) is 0. The van der Waals surface area contributed by atoms with Gasteiger partial charge in [-0.2, -0.15) is 0 Å². The first kappa shape index (κ1) is 12.4. The molecular formula is C13H15ClN2S. The molecule has 0 aliphatic heterocycles. The number of benzene rings is 1. The minimum atomic E-state index is 0.430. The molecule has 4 heteroatoms. The molecule has 0 aliphatic carbocycles. The van der Waals surface area contributed by atoms with Gasteiger partial charge in [0.25, 0.3) is 0 Å². The zero-order chi connectivity index (χ0) is 12.6. The summed E-state index contributed by atoms with van der Waals surface area (Å²) in [6.45, 7) is 6.25. The summed E-state index contributed by atoms with van der Waals surface area (Å²) in [6, 6.07) is 7.92. The summed E-state index contributed by atoms with van der Waals surface area (Å²) in [5.41, 5.74) is 3.17. The number of hydrogen-bond donors (Lipinski definition) is 1. The van der Waals surface area contributed by atoms with Gasteiger partial charge >= 0.3 is 0 Å². The fraction of sp³-hybridized carbons (Fsp3) is 0.308. The van der Waals surface area contributed by atoms with E-state index < -0.39 is 0 Å². The van der Waals surface area contributed by atoms with E-state index in [1.807, 2.05) is 35.9 Å². The van der Waals surface area contributed by atoms with Crippen molar-refractivity contribution in [2.45, 2.75) is 26.7 Å². The van der Waals surface area contributed by atoms with Gasteiger partial charge in [0.2, 0.25) is 0 Å². The first-order chi connectivity index (χ1) is 7.99. The number of H-pyrrole nitrogens is 1. The van der Waals surface area contributed by atoms with Crippen LogP contribution < -0.4 is 0 Å². The third-order valence-corrected chi connectivity index (χ3v) is 3.48. The minimum Gasteiger partial charge on any atom is -0.297 e. The molecule has 1 aromatic heterocycles. The van der Waals surface area contributed by atoms with E-state index in [1.54, 1.807) is 0 Å². The monoisotopic (exact) mass is 266 g/mol. The normalized spacial score (nSPS) is 11.1. The lowest BCUT2D eigenvalue weighted by Crippen LogP contribution is -1.98. The lowest BCUT2D eigenvalue weighted by atomic mass is 10.1. The van der Waals surface area contributed by atoms with Crippen LogP contribution in [0.3, 0.4) is 0 Å². The van der Waals surface area contributed by atoms with Gasteiger partial charge in [0.05, 0.1) is 5.69 Å². The summed E-state index contributed by atoms with van der Waals surface area (Å²) < 4.78 is 2.66. The van der Waals surface area contributed by atoms with E-state index in [1.165, 1.54) is 0 Å². The van der Waals surface area contributed by atoms with Crippen LogP contribution >= 0.6 is 23.8 Å². The standard InChI is InChI=1S/C13H15ClN2S/c1-8(2)12-7-13(17)16(15-12)10-5-4-9(3)11(14)6-10/h4-8,15H,1-3H3. The van der Waals surface area contributed by atoms with E-state index in [0.29, 0.717) is 5.92 Å². The van der Waals surface area contributed by atoms with Crippen molar-refractivity contribution < 1.29 is 0 Å². The van der Waals surface area contributed by atoms with Gasteiger partial charge in [-0.05, 0) is 36.6 Å². The Labute approximate surface area is 111 Å². The second-order valence-electron chi connectivity index (χ2n) is 4.47. The van der Waals surface area contributed by atoms with Crippen LogP contribution in [0.15, 0.2) is 24.3 Å². The molecule has 0 bridgehead atoms. The van der Waals surface area contributed by atoms with Crippen LogP contribution in [-0.4, -0.2) is 9.78 Å². The fourth-order valence-electron chi connectivity index (χ4n) is 1.62. The Bertz CT molecular complexity index is 596. The number of halogens is 1. The average molecular weight is 267 g/mol. The summed E-state index contributed by atoms with van der Waals surface area (Å²) >= 11 is 11.5. The number of nitrogens with zero attached hydrogens (tertiary/aromatic N) is 1. The van der Waals surface area contributed by atoms with Crippen molar-refractivity contribution in [1.29, 1.82) is 0 Å². The van der Waals surface area contributed by atoms with Gasteiger partial charge in [0, 0.05) is 10.7 Å². The molecule has 0 fully saturated rings. The highest BCUT2D eigenvalue weighted by Crippen LogP contribution is 2.21. The van der Waals surface area contributed by atoms with E-state index >= 15 is 0 Å². The third-order valence-electron chi connectivity index (χ3n) is 2.78. The molecule has 0 amide bonds. The summed E-state index contributed by atoms with van der Waals surface area (Å²) in [7, 11) is 0. The molecule has 2 nitrogen and oxygen atoms in total. The topological polar surface area (TPSA) is 20.7 Å². The maximum absolute atomic E-state index is 6.12. The third kappa shape index (κ3) is 2.45. The van der Waals surface area contributed by atoms with E-state index in [-0.39, 0.29) is 0 Å². The number of aryl methyl sites for hydroxylation is 1. The van der Waals surface area contributed by atoms with Crippen LogP contribution in [0.1, 0.15) is 31.0 Å². The van der Waals surface area contributed by atoms with Gasteiger partial charge in [-0.1, -0.05) is 43.7 Å². The van der Waals surface area contributed by atoms with E-state index in [4.69, 9.17) is 23.8 Å². The smallest absolute Gasteiger partial charge is 0.127 e. The molecule has 0 atom stereocenters. The predicted molar refractivity (Wildman–Crippen MR) is 74.8 cm³/mol. The van der Waals surface area contributed by atoms with Gasteiger partial charge < -0.3 is 0 Å². The predicted octanol–water partition coefficient (Wildman–Crippen LogP) is 4.62. The largest absolute Gasteiger partial charge is 0.297 e. The molecule has 0 saturated carbocycles. The van der Waals surface area contributed by atoms with Crippen molar-refractivity contribution in [2.75, 3.05) is 0 Å². The Morgan fingerprint density at radius 2 is 2.00 bits per heavy atom. The first-order valence-electron chi connectivity index (χ1n) is 5.57. The van der Waals surface area contributed by atoms with Gasteiger partial charge in [-0.25, -0.2) is 4.68 Å². The molecule has 17 heavy (non-hydrogen) atoms. The number of aromatic amines is 1. The SMILES string of the molecule is Cc1ccc(-n2[nH]c(C(C)C)cc2=S)cc1Cl. The van der Waals surface area contributed by atoms with Crippen LogP contribution in [0, 0.1) is 11.6 Å². The zero-order valence-corrected chi connectivity index (χ0v) is 11.7. The Morgan fingerprint density at radius 3 is 2.53 bits per heavy atom. The molecule has 1 N–H and O–H groups in total. The van der Waals surface area contributed by atoms with Gasteiger partial charge in [0.1, 0.15) is 4.64 Å². The molecule has 1 aromatic carbocycles. The van der Waals surface area contributed by atoms with E-state index in [0.717, 1.165) is 26.6 Å². The Balaban J connectivity index is 2.53. The Kier molecular flexibility index (Phi) is 3.40. The van der Waals surface area contributed by atoms with Crippen molar-refractivity contribution >= 4 is 23.8 Å². The van der Waals surface area contributed by atoms with E-state index in [9.17, 15) is 0 Å². The maximum Gasteiger partial charge on any atom is 0.127 e. The van der Waals surface area contributed by atoms with Crippen LogP contribution in [-0.2, 0) is 0 Å². The summed E-state index contributed by atoms with van der Waals surface area (Å²) in [5.74, 6) is 0.430. The quantitative estimate of drug-likeness (QED) is 0.787. The minimum absolute atomic E-state index is 0.430. The number of rotatable bonds is 2. The lowest BCUT2D eigenvalue weighted by Gasteiger charge is -2.06. The first-order valence-corrected chi connectivity index (χ1v) is 6.36.